The Balaban J connectivity index is 2.28. The van der Waals surface area contributed by atoms with Crippen molar-refractivity contribution in [1.82, 2.24) is 5.32 Å². The molecule has 0 aromatic heterocycles. The van der Waals surface area contributed by atoms with E-state index in [1.54, 1.807) is 12.1 Å². The fraction of sp³-hybridized carbons (Fsp3) is 0.154. The van der Waals surface area contributed by atoms with Crippen LogP contribution in [-0.2, 0) is 9.53 Å². The van der Waals surface area contributed by atoms with Crippen molar-refractivity contribution in [3.05, 3.63) is 34.9 Å². The van der Waals surface area contributed by atoms with Crippen LogP contribution in [0.4, 0.5) is 0 Å². The number of benzene rings is 1. The summed E-state index contributed by atoms with van der Waals surface area (Å²) in [4.78, 5) is 33.4. The number of fused-ring (bicyclic) bond motifs is 1. The predicted molar refractivity (Wildman–Crippen MR) is 61.7 cm³/mol. The van der Waals surface area contributed by atoms with Gasteiger partial charge in [-0.15, -0.1) is 0 Å². The quantitative estimate of drug-likeness (QED) is 0.442. The summed E-state index contributed by atoms with van der Waals surface area (Å²) in [6, 6.07) is 4.77. The molecule has 1 aliphatic heterocycles. The molecule has 0 saturated carbocycles. The number of esters is 2. The van der Waals surface area contributed by atoms with Crippen LogP contribution in [0.3, 0.4) is 0 Å². The molecule has 18 heavy (non-hydrogen) atoms. The summed E-state index contributed by atoms with van der Waals surface area (Å²) < 4.78 is 4.50. The van der Waals surface area contributed by atoms with E-state index >= 15 is 0 Å². The van der Waals surface area contributed by atoms with Crippen LogP contribution in [-0.4, -0.2) is 24.4 Å². The lowest BCUT2D eigenvalue weighted by atomic mass is 10.0. The van der Waals surface area contributed by atoms with Gasteiger partial charge in [0, 0.05) is 12.5 Å². The average Bonchev–Trinajstić information content (AvgIpc) is 2.61. The van der Waals surface area contributed by atoms with E-state index in [1.165, 1.54) is 13.0 Å². The molecule has 0 spiro atoms. The van der Waals surface area contributed by atoms with Crippen molar-refractivity contribution in [3.8, 4) is 11.8 Å². The molecular weight excluding hydrogens is 234 g/mol. The van der Waals surface area contributed by atoms with Gasteiger partial charge in [-0.1, -0.05) is 17.9 Å². The fourth-order valence-electron chi connectivity index (χ4n) is 1.54. The summed E-state index contributed by atoms with van der Waals surface area (Å²) in [7, 11) is 0. The van der Waals surface area contributed by atoms with Crippen LogP contribution >= 0.6 is 0 Å². The normalized spacial score (nSPS) is 12.3. The number of rotatable bonds is 1. The minimum atomic E-state index is -0.681. The van der Waals surface area contributed by atoms with Crippen molar-refractivity contribution >= 4 is 17.8 Å². The number of ether oxygens (including phenoxy) is 1. The lowest BCUT2D eigenvalue weighted by Gasteiger charge is -1.96. The molecule has 0 bridgehead atoms. The van der Waals surface area contributed by atoms with E-state index in [0.29, 0.717) is 5.56 Å². The average molecular weight is 243 g/mol. The fourth-order valence-corrected chi connectivity index (χ4v) is 1.54. The number of hydrogen-bond acceptors (Lipinski definition) is 4. The maximum absolute atomic E-state index is 11.5. The van der Waals surface area contributed by atoms with Gasteiger partial charge in [0.15, 0.2) is 0 Å². The maximum Gasteiger partial charge on any atom is 0.348 e. The molecule has 1 heterocycles. The van der Waals surface area contributed by atoms with E-state index in [0.717, 1.165) is 0 Å². The molecule has 0 saturated heterocycles. The zero-order valence-electron chi connectivity index (χ0n) is 9.57. The second-order valence-electron chi connectivity index (χ2n) is 3.62. The van der Waals surface area contributed by atoms with Crippen LogP contribution in [0.25, 0.3) is 0 Å². The highest BCUT2D eigenvalue weighted by Gasteiger charge is 2.31. The van der Waals surface area contributed by atoms with Crippen molar-refractivity contribution in [3.63, 3.8) is 0 Å². The first-order valence-corrected chi connectivity index (χ1v) is 5.22. The molecule has 0 aliphatic carbocycles. The van der Waals surface area contributed by atoms with Gasteiger partial charge < -0.3 is 10.1 Å². The first-order chi connectivity index (χ1) is 8.59. The minimum absolute atomic E-state index is 0.183. The minimum Gasteiger partial charge on any atom is -0.386 e. The van der Waals surface area contributed by atoms with E-state index in [4.69, 9.17) is 0 Å². The molecule has 1 aromatic carbocycles. The topological polar surface area (TPSA) is 72.5 Å². The van der Waals surface area contributed by atoms with Crippen LogP contribution < -0.4 is 5.32 Å². The summed E-state index contributed by atoms with van der Waals surface area (Å²) in [5, 5.41) is 2.51. The molecule has 0 fully saturated rings. The summed E-state index contributed by atoms with van der Waals surface area (Å²) in [6.07, 6.45) is 0. The number of hydrogen-bond donors (Lipinski definition) is 1. The standard InChI is InChI=1S/C13H9NO4/c1-8(15)14-7-3-5-9-4-2-6-10-11(9)13(17)18-12(10)16/h2,4,6H,7H2,1H3,(H,14,15). The zero-order chi connectivity index (χ0) is 13.1. The van der Waals surface area contributed by atoms with Gasteiger partial charge in [0.1, 0.15) is 0 Å². The highest BCUT2D eigenvalue weighted by molar-refractivity contribution is 6.15. The van der Waals surface area contributed by atoms with Gasteiger partial charge in [0.05, 0.1) is 17.7 Å². The maximum atomic E-state index is 11.5. The summed E-state index contributed by atoms with van der Waals surface area (Å²) in [5.74, 6) is 3.91. The van der Waals surface area contributed by atoms with Crippen LogP contribution in [0.15, 0.2) is 18.2 Å². The highest BCUT2D eigenvalue weighted by atomic mass is 16.6. The lowest BCUT2D eigenvalue weighted by Crippen LogP contribution is -2.19. The van der Waals surface area contributed by atoms with Crippen LogP contribution in [0, 0.1) is 11.8 Å². The molecule has 1 amide bonds. The third kappa shape index (κ3) is 2.23. The van der Waals surface area contributed by atoms with Crippen LogP contribution in [0.2, 0.25) is 0 Å². The molecule has 1 aliphatic rings. The summed E-state index contributed by atoms with van der Waals surface area (Å²) >= 11 is 0. The van der Waals surface area contributed by atoms with Crippen LogP contribution in [0.5, 0.6) is 0 Å². The number of amides is 1. The molecule has 1 aromatic rings. The Bertz CT molecular complexity index is 607. The van der Waals surface area contributed by atoms with Gasteiger partial charge >= 0.3 is 11.9 Å². The molecule has 90 valence electrons. The van der Waals surface area contributed by atoms with Crippen molar-refractivity contribution in [2.75, 3.05) is 6.54 Å². The summed E-state index contributed by atoms with van der Waals surface area (Å²) in [5.41, 5.74) is 0.845. The number of carbonyl (C=O) groups excluding carboxylic acids is 3. The molecule has 0 atom stereocenters. The Kier molecular flexibility index (Phi) is 3.11. The first-order valence-electron chi connectivity index (χ1n) is 5.22. The van der Waals surface area contributed by atoms with E-state index < -0.39 is 11.9 Å². The molecule has 5 nitrogen and oxygen atoms in total. The molecule has 5 heteroatoms. The first kappa shape index (κ1) is 11.9. The Morgan fingerprint density at radius 1 is 1.33 bits per heavy atom. The SMILES string of the molecule is CC(=O)NCC#Cc1cccc2c1C(=O)OC2=O. The number of nitrogens with one attached hydrogen (secondary N) is 1. The van der Waals surface area contributed by atoms with Crippen molar-refractivity contribution < 1.29 is 19.1 Å². The lowest BCUT2D eigenvalue weighted by molar-refractivity contribution is -0.118. The van der Waals surface area contributed by atoms with Gasteiger partial charge in [0.25, 0.3) is 0 Å². The Hall–Kier alpha value is -2.61. The third-order valence-electron chi connectivity index (χ3n) is 2.32. The van der Waals surface area contributed by atoms with Crippen molar-refractivity contribution in [1.29, 1.82) is 0 Å². The molecule has 1 N–H and O–H groups in total. The highest BCUT2D eigenvalue weighted by Crippen LogP contribution is 2.22. The predicted octanol–water partition coefficient (Wildman–Crippen LogP) is 0.485. The van der Waals surface area contributed by atoms with Gasteiger partial charge in [-0.2, -0.15) is 0 Å². The largest absolute Gasteiger partial charge is 0.386 e. The third-order valence-corrected chi connectivity index (χ3v) is 2.32. The molecular formula is C13H9NO4. The van der Waals surface area contributed by atoms with E-state index in [9.17, 15) is 14.4 Å². The van der Waals surface area contributed by atoms with Crippen molar-refractivity contribution in [2.24, 2.45) is 0 Å². The Morgan fingerprint density at radius 3 is 2.83 bits per heavy atom. The van der Waals surface area contributed by atoms with Gasteiger partial charge in [-0.25, -0.2) is 9.59 Å². The molecule has 0 radical (unpaired) electrons. The summed E-state index contributed by atoms with van der Waals surface area (Å²) in [6.45, 7) is 1.57. The monoisotopic (exact) mass is 243 g/mol. The Labute approximate surface area is 103 Å². The molecule has 0 unspecified atom stereocenters. The second kappa shape index (κ2) is 4.72. The van der Waals surface area contributed by atoms with E-state index in [2.05, 4.69) is 21.9 Å². The number of cyclic esters (lactones) is 2. The zero-order valence-corrected chi connectivity index (χ0v) is 9.57. The smallest absolute Gasteiger partial charge is 0.348 e. The number of carbonyl (C=O) groups is 3. The van der Waals surface area contributed by atoms with E-state index in [-0.39, 0.29) is 23.6 Å². The van der Waals surface area contributed by atoms with Gasteiger partial charge in [-0.05, 0) is 12.1 Å². The molecule has 2 rings (SSSR count). The van der Waals surface area contributed by atoms with Gasteiger partial charge in [0.2, 0.25) is 5.91 Å². The van der Waals surface area contributed by atoms with Crippen LogP contribution in [0.1, 0.15) is 33.2 Å². The van der Waals surface area contributed by atoms with E-state index in [1.807, 2.05) is 0 Å². The second-order valence-corrected chi connectivity index (χ2v) is 3.62. The Morgan fingerprint density at radius 2 is 2.11 bits per heavy atom. The van der Waals surface area contributed by atoms with Crippen molar-refractivity contribution in [2.45, 2.75) is 6.92 Å². The van der Waals surface area contributed by atoms with Gasteiger partial charge in [-0.3, -0.25) is 4.79 Å².